The van der Waals surface area contributed by atoms with Crippen molar-refractivity contribution in [2.45, 2.75) is 55.7 Å². The molecule has 0 spiro atoms. The summed E-state index contributed by atoms with van der Waals surface area (Å²) in [4.78, 5) is 15.3. The maximum atomic E-state index is 13.7. The predicted molar refractivity (Wildman–Crippen MR) is 133 cm³/mol. The maximum Gasteiger partial charge on any atom is 0.264 e. The lowest BCUT2D eigenvalue weighted by Gasteiger charge is -2.31. The predicted octanol–water partition coefficient (Wildman–Crippen LogP) is 2.63. The van der Waals surface area contributed by atoms with Gasteiger partial charge in [0.25, 0.3) is 15.9 Å². The number of fused-ring (bicyclic) bond motifs is 1. The molecule has 3 aliphatic rings. The van der Waals surface area contributed by atoms with Crippen molar-refractivity contribution in [2.75, 3.05) is 29.0 Å². The summed E-state index contributed by atoms with van der Waals surface area (Å²) >= 11 is 0. The molecule has 2 saturated heterocycles. The number of para-hydroxylation sites is 1. The Hall–Kier alpha value is -2.43. The van der Waals surface area contributed by atoms with Gasteiger partial charge in [0.2, 0.25) is 0 Å². The molecule has 3 heterocycles. The fourth-order valence-electron chi connectivity index (χ4n) is 5.40. The minimum absolute atomic E-state index is 0.0445. The zero-order valence-corrected chi connectivity index (χ0v) is 21.3. The fraction of sp³-hybridized carbons (Fsp3) is 0.480. The van der Waals surface area contributed by atoms with Crippen LogP contribution in [0.2, 0.25) is 0 Å². The molecule has 3 atom stereocenters. The Morgan fingerprint density at radius 1 is 1.14 bits per heavy atom. The van der Waals surface area contributed by atoms with Crippen LogP contribution in [0.3, 0.4) is 0 Å². The fourth-order valence-corrected chi connectivity index (χ4v) is 8.87. The van der Waals surface area contributed by atoms with E-state index in [-0.39, 0.29) is 40.0 Å². The van der Waals surface area contributed by atoms with Gasteiger partial charge < -0.3 is 9.64 Å². The van der Waals surface area contributed by atoms with Gasteiger partial charge in [-0.05, 0) is 62.4 Å². The van der Waals surface area contributed by atoms with E-state index in [4.69, 9.17) is 4.74 Å². The first-order chi connectivity index (χ1) is 16.7. The molecule has 0 saturated carbocycles. The number of benzene rings is 2. The number of rotatable bonds is 6. The van der Waals surface area contributed by atoms with E-state index in [0.29, 0.717) is 31.7 Å². The summed E-state index contributed by atoms with van der Waals surface area (Å²) < 4.78 is 58.8. The number of carbonyl (C=O) groups is 1. The van der Waals surface area contributed by atoms with E-state index >= 15 is 0 Å². The molecule has 0 aliphatic carbocycles. The van der Waals surface area contributed by atoms with E-state index in [0.717, 1.165) is 18.4 Å². The number of nitrogens with zero attached hydrogens (tertiary/aromatic N) is 2. The molecule has 5 rings (SSSR count). The van der Waals surface area contributed by atoms with Crippen LogP contribution < -0.4 is 4.31 Å². The average molecular weight is 519 g/mol. The van der Waals surface area contributed by atoms with Crippen LogP contribution in [0, 0.1) is 0 Å². The first-order valence-electron chi connectivity index (χ1n) is 12.0. The van der Waals surface area contributed by atoms with Gasteiger partial charge in [-0.2, -0.15) is 0 Å². The van der Waals surface area contributed by atoms with Crippen LogP contribution in [0.1, 0.15) is 42.1 Å². The normalized spacial score (nSPS) is 25.5. The van der Waals surface area contributed by atoms with Gasteiger partial charge in [0, 0.05) is 30.8 Å². The first kappa shape index (κ1) is 24.3. The molecular formula is C25H30N2O6S2. The summed E-state index contributed by atoms with van der Waals surface area (Å²) in [6.07, 6.45) is 2.57. The smallest absolute Gasteiger partial charge is 0.264 e. The number of anilines is 1. The summed E-state index contributed by atoms with van der Waals surface area (Å²) in [6.45, 7) is 2.79. The number of hydrogen-bond acceptors (Lipinski definition) is 6. The highest BCUT2D eigenvalue weighted by atomic mass is 32.2. The summed E-state index contributed by atoms with van der Waals surface area (Å²) in [6, 6.07) is 12.8. The molecule has 35 heavy (non-hydrogen) atoms. The van der Waals surface area contributed by atoms with Gasteiger partial charge in [-0.15, -0.1) is 0 Å². The Kier molecular flexibility index (Phi) is 6.39. The topological polar surface area (TPSA) is 101 Å². The second kappa shape index (κ2) is 9.22. The van der Waals surface area contributed by atoms with E-state index in [2.05, 4.69) is 0 Å². The molecule has 2 aromatic carbocycles. The molecule has 8 nitrogen and oxygen atoms in total. The lowest BCUT2D eigenvalue weighted by atomic mass is 10.1. The van der Waals surface area contributed by atoms with Crippen LogP contribution in [0.25, 0.3) is 0 Å². The third-order valence-electron chi connectivity index (χ3n) is 7.12. The van der Waals surface area contributed by atoms with E-state index in [1.54, 1.807) is 23.1 Å². The molecule has 0 bridgehead atoms. The van der Waals surface area contributed by atoms with Crippen LogP contribution in [0.15, 0.2) is 53.4 Å². The van der Waals surface area contributed by atoms with E-state index in [9.17, 15) is 21.6 Å². The lowest BCUT2D eigenvalue weighted by molar-refractivity contribution is 0.0441. The summed E-state index contributed by atoms with van der Waals surface area (Å²) in [7, 11) is -7.11. The summed E-state index contributed by atoms with van der Waals surface area (Å²) in [5, 5.41) is 0. The van der Waals surface area contributed by atoms with Crippen molar-refractivity contribution in [1.82, 2.24) is 4.90 Å². The molecule has 10 heteroatoms. The van der Waals surface area contributed by atoms with Crippen LogP contribution in [0.4, 0.5) is 5.69 Å². The Balaban J connectivity index is 1.46. The second-order valence-corrected chi connectivity index (χ2v) is 13.7. The Morgan fingerprint density at radius 3 is 2.66 bits per heavy atom. The van der Waals surface area contributed by atoms with Crippen LogP contribution >= 0.6 is 0 Å². The standard InChI is InChI=1S/C25H30N2O6S2/c1-18-14-19-6-2-3-10-24(19)27(18)35(31,32)23-9-4-7-20(15-23)25(28)26(16-22-8-5-12-33-22)21-11-13-34(29,30)17-21/h2-4,6-7,9-10,15,18,21-22H,5,8,11-14,16-17H2,1H3/t18-,21+,22-/m0/s1. The van der Waals surface area contributed by atoms with Gasteiger partial charge in [-0.1, -0.05) is 24.3 Å². The molecule has 0 N–H and O–H groups in total. The van der Waals surface area contributed by atoms with Gasteiger partial charge in [-0.3, -0.25) is 9.10 Å². The Bertz CT molecular complexity index is 1340. The Labute approximate surface area is 206 Å². The molecule has 188 valence electrons. The summed E-state index contributed by atoms with van der Waals surface area (Å²) in [5.74, 6) is -0.395. The third kappa shape index (κ3) is 4.71. The van der Waals surface area contributed by atoms with Crippen molar-refractivity contribution in [2.24, 2.45) is 0 Å². The zero-order valence-electron chi connectivity index (χ0n) is 19.7. The highest BCUT2D eigenvalue weighted by Gasteiger charge is 2.38. The van der Waals surface area contributed by atoms with Crippen molar-refractivity contribution in [3.05, 3.63) is 59.7 Å². The minimum Gasteiger partial charge on any atom is -0.376 e. The maximum absolute atomic E-state index is 13.7. The molecule has 1 amide bonds. The molecule has 0 radical (unpaired) electrons. The molecular weight excluding hydrogens is 488 g/mol. The van der Waals surface area contributed by atoms with Gasteiger partial charge in [0.1, 0.15) is 0 Å². The van der Waals surface area contributed by atoms with Gasteiger partial charge >= 0.3 is 0 Å². The van der Waals surface area contributed by atoms with Crippen LogP contribution in [-0.4, -0.2) is 70.5 Å². The SMILES string of the molecule is C[C@H]1Cc2ccccc2N1S(=O)(=O)c1cccc(C(=O)N(C[C@@H]2CCCO2)[C@@H]2CCS(=O)(=O)C2)c1. The van der Waals surface area contributed by atoms with Crippen molar-refractivity contribution < 1.29 is 26.4 Å². The third-order valence-corrected chi connectivity index (χ3v) is 10.8. The molecule has 2 fully saturated rings. The number of ether oxygens (including phenoxy) is 1. The zero-order chi connectivity index (χ0) is 24.8. The van der Waals surface area contributed by atoms with Crippen molar-refractivity contribution in [1.29, 1.82) is 0 Å². The van der Waals surface area contributed by atoms with Crippen LogP contribution in [-0.2, 0) is 31.0 Å². The van der Waals surface area contributed by atoms with Gasteiger partial charge in [0.15, 0.2) is 9.84 Å². The first-order valence-corrected chi connectivity index (χ1v) is 15.3. The van der Waals surface area contributed by atoms with Gasteiger partial charge in [-0.25, -0.2) is 16.8 Å². The molecule has 0 aromatic heterocycles. The number of hydrogen-bond donors (Lipinski definition) is 0. The average Bonchev–Trinajstić information content (AvgIpc) is 3.55. The number of amides is 1. The van der Waals surface area contributed by atoms with Crippen molar-refractivity contribution in [3.63, 3.8) is 0 Å². The number of carbonyl (C=O) groups excluding carboxylic acids is 1. The highest BCUT2D eigenvalue weighted by Crippen LogP contribution is 2.36. The van der Waals surface area contributed by atoms with E-state index < -0.39 is 25.9 Å². The summed E-state index contributed by atoms with van der Waals surface area (Å²) in [5.41, 5.74) is 1.86. The Morgan fingerprint density at radius 2 is 1.94 bits per heavy atom. The van der Waals surface area contributed by atoms with Gasteiger partial charge in [0.05, 0.1) is 28.2 Å². The number of sulfone groups is 1. The van der Waals surface area contributed by atoms with Crippen LogP contribution in [0.5, 0.6) is 0 Å². The molecule has 3 aliphatic heterocycles. The second-order valence-electron chi connectivity index (χ2n) is 9.66. The largest absolute Gasteiger partial charge is 0.376 e. The van der Waals surface area contributed by atoms with Crippen molar-refractivity contribution >= 4 is 31.5 Å². The quantitative estimate of drug-likeness (QED) is 0.583. The minimum atomic E-state index is -3.90. The molecule has 0 unspecified atom stereocenters. The molecule has 2 aromatic rings. The van der Waals surface area contributed by atoms with E-state index in [1.165, 1.54) is 16.4 Å². The monoisotopic (exact) mass is 518 g/mol. The number of sulfonamides is 1. The lowest BCUT2D eigenvalue weighted by Crippen LogP contribution is -2.45. The van der Waals surface area contributed by atoms with E-state index in [1.807, 2.05) is 25.1 Å². The highest BCUT2D eigenvalue weighted by molar-refractivity contribution is 7.93. The van der Waals surface area contributed by atoms with Crippen molar-refractivity contribution in [3.8, 4) is 0 Å².